The van der Waals surface area contributed by atoms with Crippen LogP contribution in [0.1, 0.15) is 17.2 Å². The average Bonchev–Trinajstić information content (AvgIpc) is 2.92. The van der Waals surface area contributed by atoms with Crippen LogP contribution in [0.15, 0.2) is 59.5 Å². The van der Waals surface area contributed by atoms with E-state index in [0.717, 1.165) is 13.0 Å². The second-order valence-electron chi connectivity index (χ2n) is 5.08. The van der Waals surface area contributed by atoms with Gasteiger partial charge in [-0.2, -0.15) is 0 Å². The van der Waals surface area contributed by atoms with E-state index in [1.54, 1.807) is 0 Å². The molecular weight excluding hydrogens is 286 g/mol. The molecule has 2 aromatic rings. The first-order chi connectivity index (χ1) is 9.86. The molecule has 1 heterocycles. The molecule has 0 saturated carbocycles. The van der Waals surface area contributed by atoms with Gasteiger partial charge in [-0.05, 0) is 23.6 Å². The van der Waals surface area contributed by atoms with Crippen molar-refractivity contribution in [1.29, 1.82) is 0 Å². The van der Waals surface area contributed by atoms with Crippen LogP contribution in [0.4, 0.5) is 0 Å². The lowest BCUT2D eigenvalue weighted by atomic mass is 10.1. The van der Waals surface area contributed by atoms with E-state index in [0.29, 0.717) is 11.1 Å². The van der Waals surface area contributed by atoms with Crippen LogP contribution in [-0.2, 0) is 6.42 Å². The molecule has 0 amide bonds. The van der Waals surface area contributed by atoms with Crippen molar-refractivity contribution in [2.24, 2.45) is 0 Å². The van der Waals surface area contributed by atoms with Crippen LogP contribution in [-0.4, -0.2) is 17.7 Å². The maximum Gasteiger partial charge on any atom is 0.0457 e. The van der Waals surface area contributed by atoms with Crippen molar-refractivity contribution in [2.75, 3.05) is 12.4 Å². The summed E-state index contributed by atoms with van der Waals surface area (Å²) in [5.74, 6) is 0.606. The molecule has 0 radical (unpaired) electrons. The van der Waals surface area contributed by atoms with E-state index in [4.69, 9.17) is 11.6 Å². The third kappa shape index (κ3) is 3.20. The van der Waals surface area contributed by atoms with Crippen LogP contribution in [0.2, 0.25) is 0 Å². The normalized spacial score (nSPS) is 18.8. The van der Waals surface area contributed by atoms with Gasteiger partial charge < -0.3 is 5.32 Å². The number of alkyl halides is 1. The van der Waals surface area contributed by atoms with Gasteiger partial charge in [0.15, 0.2) is 0 Å². The summed E-state index contributed by atoms with van der Waals surface area (Å²) in [5, 5.41) is 4.22. The molecular formula is C17H18ClNS. The van der Waals surface area contributed by atoms with Gasteiger partial charge >= 0.3 is 0 Å². The van der Waals surface area contributed by atoms with Gasteiger partial charge in [-0.1, -0.05) is 48.5 Å². The summed E-state index contributed by atoms with van der Waals surface area (Å²) in [5.41, 5.74) is 2.74. The number of nitrogens with one attached hydrogen (secondary N) is 1. The van der Waals surface area contributed by atoms with Crippen molar-refractivity contribution in [1.82, 2.24) is 5.32 Å². The molecule has 1 aliphatic rings. The average molecular weight is 304 g/mol. The predicted molar refractivity (Wildman–Crippen MR) is 87.7 cm³/mol. The first-order valence-electron chi connectivity index (χ1n) is 6.95. The Labute approximate surface area is 129 Å². The van der Waals surface area contributed by atoms with Crippen molar-refractivity contribution in [2.45, 2.75) is 22.6 Å². The summed E-state index contributed by atoms with van der Waals surface area (Å²) >= 11 is 8.09. The van der Waals surface area contributed by atoms with Crippen LogP contribution in [0.25, 0.3) is 0 Å². The molecule has 0 aliphatic carbocycles. The van der Waals surface area contributed by atoms with Gasteiger partial charge in [0, 0.05) is 28.6 Å². The quantitative estimate of drug-likeness (QED) is 0.828. The predicted octanol–water partition coefficient (Wildman–Crippen LogP) is 4.27. The number of fused-ring (bicyclic) bond motifs is 1. The molecule has 0 spiro atoms. The van der Waals surface area contributed by atoms with Crippen molar-refractivity contribution >= 4 is 23.4 Å². The fourth-order valence-electron chi connectivity index (χ4n) is 2.59. The Morgan fingerprint density at radius 3 is 2.60 bits per heavy atom. The summed E-state index contributed by atoms with van der Waals surface area (Å²) in [6.07, 6.45) is 1.15. The number of thioether (sulfide) groups is 1. The van der Waals surface area contributed by atoms with Crippen molar-refractivity contribution in [3.8, 4) is 0 Å². The number of rotatable bonds is 5. The molecule has 1 N–H and O–H groups in total. The van der Waals surface area contributed by atoms with E-state index >= 15 is 0 Å². The molecule has 2 unspecified atom stereocenters. The SMILES string of the molecule is ClCC(NCC1Cc2ccccc2S1)c1ccccc1. The maximum absolute atomic E-state index is 6.11. The van der Waals surface area contributed by atoms with E-state index in [-0.39, 0.29) is 6.04 Å². The summed E-state index contributed by atoms with van der Waals surface area (Å²) in [6.45, 7) is 0.992. The molecule has 3 rings (SSSR count). The molecule has 2 aromatic carbocycles. The van der Waals surface area contributed by atoms with Crippen LogP contribution in [0.3, 0.4) is 0 Å². The molecule has 1 nitrogen and oxygen atoms in total. The summed E-state index contributed by atoms with van der Waals surface area (Å²) < 4.78 is 0. The maximum atomic E-state index is 6.11. The highest BCUT2D eigenvalue weighted by Gasteiger charge is 2.22. The molecule has 3 heteroatoms. The second-order valence-corrected chi connectivity index (χ2v) is 6.73. The smallest absolute Gasteiger partial charge is 0.0457 e. The summed E-state index contributed by atoms with van der Waals surface area (Å²) in [6, 6.07) is 19.4. The zero-order valence-electron chi connectivity index (χ0n) is 11.3. The largest absolute Gasteiger partial charge is 0.308 e. The highest BCUT2D eigenvalue weighted by Crippen LogP contribution is 2.36. The third-order valence-electron chi connectivity index (χ3n) is 3.66. The lowest BCUT2D eigenvalue weighted by Crippen LogP contribution is -2.29. The molecule has 0 fully saturated rings. The number of benzene rings is 2. The lowest BCUT2D eigenvalue weighted by molar-refractivity contribution is 0.571. The van der Waals surface area contributed by atoms with Gasteiger partial charge in [0.05, 0.1) is 0 Å². The van der Waals surface area contributed by atoms with Crippen LogP contribution in [0.5, 0.6) is 0 Å². The van der Waals surface area contributed by atoms with E-state index in [9.17, 15) is 0 Å². The van der Waals surface area contributed by atoms with Gasteiger partial charge in [0.25, 0.3) is 0 Å². The van der Waals surface area contributed by atoms with Crippen molar-refractivity contribution < 1.29 is 0 Å². The summed E-state index contributed by atoms with van der Waals surface area (Å²) in [4.78, 5) is 1.43. The highest BCUT2D eigenvalue weighted by atomic mass is 35.5. The van der Waals surface area contributed by atoms with Crippen LogP contribution in [0, 0.1) is 0 Å². The number of halogens is 1. The van der Waals surface area contributed by atoms with Gasteiger partial charge in [0.1, 0.15) is 0 Å². The zero-order chi connectivity index (χ0) is 13.8. The van der Waals surface area contributed by atoms with E-state index < -0.39 is 0 Å². The van der Waals surface area contributed by atoms with Gasteiger partial charge in [-0.15, -0.1) is 23.4 Å². The van der Waals surface area contributed by atoms with Gasteiger partial charge in [-0.25, -0.2) is 0 Å². The number of hydrogen-bond donors (Lipinski definition) is 1. The van der Waals surface area contributed by atoms with Crippen molar-refractivity contribution in [3.05, 3.63) is 65.7 Å². The van der Waals surface area contributed by atoms with E-state index in [1.807, 2.05) is 17.8 Å². The molecule has 2 atom stereocenters. The fraction of sp³-hybridized carbons (Fsp3) is 0.294. The molecule has 0 saturated heterocycles. The molecule has 0 bridgehead atoms. The van der Waals surface area contributed by atoms with Crippen LogP contribution < -0.4 is 5.32 Å². The monoisotopic (exact) mass is 303 g/mol. The Kier molecular flexibility index (Phi) is 4.66. The Balaban J connectivity index is 1.58. The van der Waals surface area contributed by atoms with E-state index in [1.165, 1.54) is 16.0 Å². The van der Waals surface area contributed by atoms with Crippen molar-refractivity contribution in [3.63, 3.8) is 0 Å². The van der Waals surface area contributed by atoms with Crippen LogP contribution >= 0.6 is 23.4 Å². The molecule has 20 heavy (non-hydrogen) atoms. The standard InChI is InChI=1S/C17H18ClNS/c18-11-16(13-6-2-1-3-7-13)19-12-15-10-14-8-4-5-9-17(14)20-15/h1-9,15-16,19H,10-12H2. The highest BCUT2D eigenvalue weighted by molar-refractivity contribution is 8.00. The molecule has 1 aliphatic heterocycles. The Hall–Kier alpha value is -0.960. The first-order valence-corrected chi connectivity index (χ1v) is 8.37. The molecule has 0 aromatic heterocycles. The molecule has 104 valence electrons. The Morgan fingerprint density at radius 1 is 1.10 bits per heavy atom. The van der Waals surface area contributed by atoms with E-state index in [2.05, 4.69) is 53.8 Å². The number of hydrogen-bond acceptors (Lipinski definition) is 2. The minimum Gasteiger partial charge on any atom is -0.308 e. The zero-order valence-corrected chi connectivity index (χ0v) is 12.8. The third-order valence-corrected chi connectivity index (χ3v) is 5.29. The Bertz CT molecular complexity index is 533. The lowest BCUT2D eigenvalue weighted by Gasteiger charge is -2.19. The minimum atomic E-state index is 0.238. The second kappa shape index (κ2) is 6.66. The minimum absolute atomic E-state index is 0.238. The first kappa shape index (κ1) is 14.0. The Morgan fingerprint density at radius 2 is 1.85 bits per heavy atom. The summed E-state index contributed by atoms with van der Waals surface area (Å²) in [7, 11) is 0. The van der Waals surface area contributed by atoms with Gasteiger partial charge in [0.2, 0.25) is 0 Å². The van der Waals surface area contributed by atoms with Gasteiger partial charge in [-0.3, -0.25) is 0 Å². The topological polar surface area (TPSA) is 12.0 Å². The fourth-order valence-corrected chi connectivity index (χ4v) is 4.14.